The lowest BCUT2D eigenvalue weighted by Crippen LogP contribution is -2.54. The summed E-state index contributed by atoms with van der Waals surface area (Å²) in [5, 5.41) is 25.5. The van der Waals surface area contributed by atoms with Crippen LogP contribution in [-0.2, 0) is 36.8 Å². The number of amides is 3. The van der Waals surface area contributed by atoms with Gasteiger partial charge in [-0.05, 0) is 17.5 Å². The maximum Gasteiger partial charge on any atom is 0.326 e. The summed E-state index contributed by atoms with van der Waals surface area (Å²) in [4.78, 5) is 59.9. The predicted octanol–water partition coefficient (Wildman–Crippen LogP) is -0.166. The van der Waals surface area contributed by atoms with Crippen LogP contribution in [0.2, 0.25) is 0 Å². The van der Waals surface area contributed by atoms with E-state index >= 15 is 0 Å². The van der Waals surface area contributed by atoms with Crippen molar-refractivity contribution in [2.45, 2.75) is 43.8 Å². The Bertz CT molecular complexity index is 1050. The fourth-order valence-electron chi connectivity index (χ4n) is 3.33. The second kappa shape index (κ2) is 14.2. The van der Waals surface area contributed by atoms with Crippen LogP contribution < -0.4 is 21.7 Å². The number of benzene rings is 2. The van der Waals surface area contributed by atoms with Gasteiger partial charge >= 0.3 is 11.9 Å². The van der Waals surface area contributed by atoms with Gasteiger partial charge in [-0.25, -0.2) is 4.79 Å². The smallest absolute Gasteiger partial charge is 0.326 e. The quantitative estimate of drug-likeness (QED) is 0.207. The van der Waals surface area contributed by atoms with E-state index in [1.165, 1.54) is 0 Å². The molecule has 11 heteroatoms. The molecule has 2 aromatic carbocycles. The van der Waals surface area contributed by atoms with Crippen LogP contribution in [0.15, 0.2) is 60.7 Å². The molecular formula is C25H30N4O7. The molecule has 192 valence electrons. The Morgan fingerprint density at radius 1 is 0.750 bits per heavy atom. The van der Waals surface area contributed by atoms with Crippen molar-refractivity contribution in [2.24, 2.45) is 5.73 Å². The molecule has 0 aliphatic heterocycles. The van der Waals surface area contributed by atoms with Crippen LogP contribution in [0, 0.1) is 0 Å². The van der Waals surface area contributed by atoms with E-state index in [1.807, 2.05) is 0 Å². The lowest BCUT2D eigenvalue weighted by atomic mass is 10.0. The number of nitrogens with one attached hydrogen (secondary N) is 3. The second-order valence-electron chi connectivity index (χ2n) is 8.16. The van der Waals surface area contributed by atoms with Gasteiger partial charge in [0.25, 0.3) is 0 Å². The van der Waals surface area contributed by atoms with Crippen LogP contribution in [0.1, 0.15) is 24.0 Å². The van der Waals surface area contributed by atoms with Crippen LogP contribution in [0.3, 0.4) is 0 Å². The lowest BCUT2D eigenvalue weighted by Gasteiger charge is -2.21. The Morgan fingerprint density at radius 3 is 1.78 bits per heavy atom. The van der Waals surface area contributed by atoms with Gasteiger partial charge in [0.05, 0.1) is 12.6 Å². The number of carboxylic acid groups (broad SMARTS) is 2. The molecule has 0 aromatic heterocycles. The molecule has 0 saturated heterocycles. The molecule has 3 unspecified atom stereocenters. The summed E-state index contributed by atoms with van der Waals surface area (Å²) in [6.45, 7) is -0.510. The van der Waals surface area contributed by atoms with Crippen LogP contribution in [0.25, 0.3) is 0 Å². The second-order valence-corrected chi connectivity index (χ2v) is 8.16. The van der Waals surface area contributed by atoms with Crippen molar-refractivity contribution < 1.29 is 34.2 Å². The summed E-state index contributed by atoms with van der Waals surface area (Å²) in [6.07, 6.45) is -0.256. The zero-order chi connectivity index (χ0) is 26.5. The summed E-state index contributed by atoms with van der Waals surface area (Å²) in [5.41, 5.74) is 7.20. The Balaban J connectivity index is 1.99. The third kappa shape index (κ3) is 9.94. The average molecular weight is 499 g/mol. The number of carbonyl (C=O) groups is 5. The highest BCUT2D eigenvalue weighted by Gasteiger charge is 2.26. The first-order valence-electron chi connectivity index (χ1n) is 11.3. The third-order valence-electron chi connectivity index (χ3n) is 5.26. The first-order valence-corrected chi connectivity index (χ1v) is 11.3. The molecule has 0 fully saturated rings. The molecule has 0 heterocycles. The first-order chi connectivity index (χ1) is 17.2. The lowest BCUT2D eigenvalue weighted by molar-refractivity contribution is -0.141. The van der Waals surface area contributed by atoms with Crippen molar-refractivity contribution in [2.75, 3.05) is 6.54 Å². The van der Waals surface area contributed by atoms with Gasteiger partial charge in [0.2, 0.25) is 17.7 Å². The van der Waals surface area contributed by atoms with E-state index in [-0.39, 0.29) is 25.7 Å². The third-order valence-corrected chi connectivity index (χ3v) is 5.26. The molecule has 3 atom stereocenters. The minimum Gasteiger partial charge on any atom is -0.481 e. The largest absolute Gasteiger partial charge is 0.481 e. The van der Waals surface area contributed by atoms with Crippen molar-refractivity contribution in [3.63, 3.8) is 0 Å². The number of aliphatic carboxylic acids is 2. The van der Waals surface area contributed by atoms with Gasteiger partial charge in [0.1, 0.15) is 12.1 Å². The number of carboxylic acids is 2. The van der Waals surface area contributed by atoms with Gasteiger partial charge in [-0.15, -0.1) is 0 Å². The summed E-state index contributed by atoms with van der Waals surface area (Å²) < 4.78 is 0. The van der Waals surface area contributed by atoms with Crippen molar-refractivity contribution in [1.82, 2.24) is 16.0 Å². The van der Waals surface area contributed by atoms with Gasteiger partial charge in [0.15, 0.2) is 0 Å². The molecule has 36 heavy (non-hydrogen) atoms. The normalized spacial score (nSPS) is 13.0. The molecule has 0 aliphatic rings. The van der Waals surface area contributed by atoms with Gasteiger partial charge in [-0.1, -0.05) is 60.7 Å². The highest BCUT2D eigenvalue weighted by atomic mass is 16.4. The summed E-state index contributed by atoms with van der Waals surface area (Å²) in [7, 11) is 0. The van der Waals surface area contributed by atoms with Crippen LogP contribution in [0.4, 0.5) is 0 Å². The summed E-state index contributed by atoms with van der Waals surface area (Å²) in [6, 6.07) is 14.2. The predicted molar refractivity (Wildman–Crippen MR) is 130 cm³/mol. The van der Waals surface area contributed by atoms with Crippen LogP contribution in [0.5, 0.6) is 0 Å². The summed E-state index contributed by atoms with van der Waals surface area (Å²) in [5.74, 6) is -4.42. The van der Waals surface area contributed by atoms with Gasteiger partial charge in [-0.2, -0.15) is 0 Å². The molecule has 2 aromatic rings. The maximum atomic E-state index is 12.8. The molecule has 7 N–H and O–H groups in total. The zero-order valence-corrected chi connectivity index (χ0v) is 19.6. The van der Waals surface area contributed by atoms with Gasteiger partial charge in [0, 0.05) is 19.3 Å². The fourth-order valence-corrected chi connectivity index (χ4v) is 3.33. The highest BCUT2D eigenvalue weighted by Crippen LogP contribution is 2.06. The zero-order valence-electron chi connectivity index (χ0n) is 19.6. The minimum absolute atomic E-state index is 0.0663. The summed E-state index contributed by atoms with van der Waals surface area (Å²) >= 11 is 0. The van der Waals surface area contributed by atoms with Crippen molar-refractivity contribution >= 4 is 29.7 Å². The van der Waals surface area contributed by atoms with Gasteiger partial charge in [-0.3, -0.25) is 19.2 Å². The van der Waals surface area contributed by atoms with Crippen molar-refractivity contribution in [3.05, 3.63) is 71.8 Å². The molecule has 0 spiro atoms. The SMILES string of the molecule is NC(CCC(=O)O)C(=O)NC(Cc1ccccc1)C(=O)NCC(=O)NC(Cc1ccccc1)C(=O)O. The molecular weight excluding hydrogens is 468 g/mol. The van der Waals surface area contributed by atoms with Gasteiger partial charge < -0.3 is 31.9 Å². The van der Waals surface area contributed by atoms with Crippen LogP contribution in [-0.4, -0.2) is 64.5 Å². The van der Waals surface area contributed by atoms with E-state index < -0.39 is 54.3 Å². The minimum atomic E-state index is -1.22. The van der Waals surface area contributed by atoms with Crippen LogP contribution >= 0.6 is 0 Å². The van der Waals surface area contributed by atoms with E-state index in [1.54, 1.807) is 60.7 Å². The van der Waals surface area contributed by atoms with Crippen molar-refractivity contribution in [3.8, 4) is 0 Å². The Morgan fingerprint density at radius 2 is 1.28 bits per heavy atom. The van der Waals surface area contributed by atoms with E-state index in [0.717, 1.165) is 11.1 Å². The standard InChI is InChI=1S/C25H30N4O7/c26-18(11-12-22(31)32)23(33)29-19(13-16-7-3-1-4-8-16)24(34)27-15-21(30)28-20(25(35)36)14-17-9-5-2-6-10-17/h1-10,18-20H,11-15,26H2,(H,27,34)(H,28,30)(H,29,33)(H,31,32)(H,35,36). The maximum absolute atomic E-state index is 12.8. The molecule has 0 saturated carbocycles. The van der Waals surface area contributed by atoms with Crippen molar-refractivity contribution in [1.29, 1.82) is 0 Å². The first kappa shape index (κ1) is 28.0. The number of rotatable bonds is 14. The highest BCUT2D eigenvalue weighted by molar-refractivity contribution is 5.92. The molecule has 0 bridgehead atoms. The molecule has 3 amide bonds. The number of hydrogen-bond donors (Lipinski definition) is 6. The monoisotopic (exact) mass is 498 g/mol. The number of nitrogens with two attached hydrogens (primary N) is 1. The van der Waals surface area contributed by atoms with E-state index in [9.17, 15) is 29.1 Å². The molecule has 11 nitrogen and oxygen atoms in total. The van der Waals surface area contributed by atoms with E-state index in [2.05, 4.69) is 16.0 Å². The fraction of sp³-hybridized carbons (Fsp3) is 0.320. The van der Waals surface area contributed by atoms with E-state index in [4.69, 9.17) is 10.8 Å². The Kier molecular flexibility index (Phi) is 11.1. The average Bonchev–Trinajstić information content (AvgIpc) is 2.86. The number of hydrogen-bond acceptors (Lipinski definition) is 6. The number of carbonyl (C=O) groups excluding carboxylic acids is 3. The Hall–Kier alpha value is -4.25. The Labute approximate surface area is 208 Å². The topological polar surface area (TPSA) is 188 Å². The molecule has 2 rings (SSSR count). The van der Waals surface area contributed by atoms with E-state index in [0.29, 0.717) is 0 Å². The molecule has 0 aliphatic carbocycles. The molecule has 0 radical (unpaired) electrons.